The summed E-state index contributed by atoms with van der Waals surface area (Å²) in [6.45, 7) is 1.67. The molecular formula is C15H18BrNO5. The lowest BCUT2D eigenvalue weighted by Crippen LogP contribution is -2.46. The zero-order valence-corrected chi connectivity index (χ0v) is 14.2. The molecule has 22 heavy (non-hydrogen) atoms. The fourth-order valence-electron chi connectivity index (χ4n) is 1.88. The minimum Gasteiger partial charge on any atom is -0.469 e. The molecule has 0 saturated heterocycles. The first-order valence-corrected chi connectivity index (χ1v) is 7.39. The van der Waals surface area contributed by atoms with E-state index in [-0.39, 0.29) is 6.42 Å². The predicted molar refractivity (Wildman–Crippen MR) is 83.2 cm³/mol. The van der Waals surface area contributed by atoms with Gasteiger partial charge in [-0.2, -0.15) is 0 Å². The van der Waals surface area contributed by atoms with Gasteiger partial charge in [0.15, 0.2) is 0 Å². The average molecular weight is 372 g/mol. The molecule has 1 N–H and O–H groups in total. The number of hydrogen-bond acceptors (Lipinski definition) is 5. The van der Waals surface area contributed by atoms with E-state index in [1.54, 1.807) is 31.2 Å². The van der Waals surface area contributed by atoms with E-state index in [0.29, 0.717) is 5.56 Å². The third-order valence-corrected chi connectivity index (χ3v) is 3.61. The normalized spacial score (nSPS) is 12.9. The number of nitrogens with one attached hydrogen (secondary N) is 1. The van der Waals surface area contributed by atoms with E-state index >= 15 is 0 Å². The lowest BCUT2D eigenvalue weighted by molar-refractivity contribution is -0.146. The van der Waals surface area contributed by atoms with Crippen LogP contribution in [0.15, 0.2) is 28.7 Å². The summed E-state index contributed by atoms with van der Waals surface area (Å²) in [5.74, 6) is -1.96. The van der Waals surface area contributed by atoms with Crippen LogP contribution in [0.2, 0.25) is 0 Å². The van der Waals surface area contributed by atoms with Crippen molar-refractivity contribution in [2.75, 3.05) is 14.2 Å². The molecule has 1 aromatic carbocycles. The predicted octanol–water partition coefficient (Wildman–Crippen LogP) is 1.92. The lowest BCUT2D eigenvalue weighted by atomic mass is 9.98. The van der Waals surface area contributed by atoms with Gasteiger partial charge in [-0.25, -0.2) is 4.79 Å². The van der Waals surface area contributed by atoms with Crippen LogP contribution in [0.3, 0.4) is 0 Å². The molecule has 0 fully saturated rings. The largest absolute Gasteiger partial charge is 0.469 e. The number of amides is 1. The quantitative estimate of drug-likeness (QED) is 0.772. The van der Waals surface area contributed by atoms with Crippen LogP contribution in [-0.2, 0) is 19.1 Å². The summed E-state index contributed by atoms with van der Waals surface area (Å²) >= 11 is 3.28. The van der Waals surface area contributed by atoms with Crippen LogP contribution in [0.1, 0.15) is 23.7 Å². The van der Waals surface area contributed by atoms with Gasteiger partial charge in [-0.15, -0.1) is 0 Å². The smallest absolute Gasteiger partial charge is 0.328 e. The Hall–Kier alpha value is -1.89. The number of hydrogen-bond donors (Lipinski definition) is 1. The molecule has 0 aliphatic heterocycles. The van der Waals surface area contributed by atoms with Gasteiger partial charge >= 0.3 is 11.9 Å². The molecule has 2 atom stereocenters. The molecule has 0 aliphatic rings. The summed E-state index contributed by atoms with van der Waals surface area (Å²) in [7, 11) is 2.49. The average Bonchev–Trinajstić information content (AvgIpc) is 2.51. The number of ether oxygens (including phenoxy) is 2. The van der Waals surface area contributed by atoms with Crippen molar-refractivity contribution >= 4 is 33.8 Å². The van der Waals surface area contributed by atoms with Crippen LogP contribution in [0.25, 0.3) is 0 Å². The van der Waals surface area contributed by atoms with Crippen LogP contribution in [0, 0.1) is 5.92 Å². The Morgan fingerprint density at radius 3 is 2.45 bits per heavy atom. The first-order chi connectivity index (χ1) is 10.4. The molecule has 1 amide bonds. The van der Waals surface area contributed by atoms with Gasteiger partial charge in [0.1, 0.15) is 6.04 Å². The van der Waals surface area contributed by atoms with Crippen LogP contribution < -0.4 is 5.32 Å². The summed E-state index contributed by atoms with van der Waals surface area (Å²) < 4.78 is 10.0. The molecule has 1 aromatic rings. The first kappa shape index (κ1) is 18.2. The van der Waals surface area contributed by atoms with Crippen molar-refractivity contribution in [1.82, 2.24) is 5.32 Å². The molecule has 7 heteroatoms. The van der Waals surface area contributed by atoms with Gasteiger partial charge in [-0.3, -0.25) is 9.59 Å². The Balaban J connectivity index is 2.87. The van der Waals surface area contributed by atoms with Crippen molar-refractivity contribution in [3.63, 3.8) is 0 Å². The van der Waals surface area contributed by atoms with Crippen molar-refractivity contribution < 1.29 is 23.9 Å². The fourth-order valence-corrected chi connectivity index (χ4v) is 2.28. The molecule has 0 unspecified atom stereocenters. The number of methoxy groups -OCH3 is 2. The molecule has 0 bridgehead atoms. The Morgan fingerprint density at radius 2 is 1.91 bits per heavy atom. The zero-order chi connectivity index (χ0) is 16.7. The number of rotatable bonds is 6. The molecular weight excluding hydrogens is 354 g/mol. The maximum atomic E-state index is 12.2. The first-order valence-electron chi connectivity index (χ1n) is 6.60. The second kappa shape index (κ2) is 8.53. The van der Waals surface area contributed by atoms with Gasteiger partial charge in [0.05, 0.1) is 20.6 Å². The minimum atomic E-state index is -0.935. The summed E-state index contributed by atoms with van der Waals surface area (Å²) in [5.41, 5.74) is 0.397. The Kier molecular flexibility index (Phi) is 7.04. The molecule has 0 radical (unpaired) electrons. The van der Waals surface area contributed by atoms with E-state index in [1.807, 2.05) is 0 Å². The Labute approximate surface area is 137 Å². The highest BCUT2D eigenvalue weighted by atomic mass is 79.9. The van der Waals surface area contributed by atoms with Gasteiger partial charge < -0.3 is 14.8 Å². The van der Waals surface area contributed by atoms with E-state index in [9.17, 15) is 14.4 Å². The molecule has 1 rings (SSSR count). The second-order valence-electron chi connectivity index (χ2n) is 4.74. The van der Waals surface area contributed by atoms with E-state index in [4.69, 9.17) is 4.74 Å². The van der Waals surface area contributed by atoms with Gasteiger partial charge in [-0.05, 0) is 24.1 Å². The highest BCUT2D eigenvalue weighted by Crippen LogP contribution is 2.14. The van der Waals surface area contributed by atoms with Crippen molar-refractivity contribution in [2.45, 2.75) is 19.4 Å². The van der Waals surface area contributed by atoms with Crippen molar-refractivity contribution in [3.8, 4) is 0 Å². The molecule has 6 nitrogen and oxygen atoms in total. The maximum absolute atomic E-state index is 12.2. The zero-order valence-electron chi connectivity index (χ0n) is 12.6. The summed E-state index contributed by atoms with van der Waals surface area (Å²) in [4.78, 5) is 35.4. The standard InChI is InChI=1S/C15H18BrNO5/c1-9(7-12(18)21-2)13(15(20)22-3)17-14(19)10-5-4-6-11(16)8-10/h4-6,8-9,13H,7H2,1-3H3,(H,17,19)/t9-,13+/m0/s1. The van der Waals surface area contributed by atoms with Crippen molar-refractivity contribution in [2.24, 2.45) is 5.92 Å². The SMILES string of the molecule is COC(=O)C[C@H](C)[C@@H](NC(=O)c1cccc(Br)c1)C(=O)OC. The van der Waals surface area contributed by atoms with Crippen LogP contribution >= 0.6 is 15.9 Å². The van der Waals surface area contributed by atoms with Gasteiger partial charge in [0.2, 0.25) is 0 Å². The number of carbonyl (C=O) groups is 3. The van der Waals surface area contributed by atoms with E-state index in [2.05, 4.69) is 26.0 Å². The minimum absolute atomic E-state index is 0.00493. The van der Waals surface area contributed by atoms with Crippen LogP contribution in [-0.4, -0.2) is 38.1 Å². The van der Waals surface area contributed by atoms with Crippen LogP contribution in [0.5, 0.6) is 0 Å². The van der Waals surface area contributed by atoms with Crippen molar-refractivity contribution in [3.05, 3.63) is 34.3 Å². The highest BCUT2D eigenvalue weighted by Gasteiger charge is 2.29. The third kappa shape index (κ3) is 5.14. The summed E-state index contributed by atoms with van der Waals surface area (Å²) in [6.07, 6.45) is -0.00493. The molecule has 0 heterocycles. The molecule has 0 saturated carbocycles. The van der Waals surface area contributed by atoms with Gasteiger partial charge in [0.25, 0.3) is 5.91 Å². The Bertz CT molecular complexity index is 561. The second-order valence-corrected chi connectivity index (χ2v) is 5.66. The number of esters is 2. The van der Waals surface area contributed by atoms with Crippen LogP contribution in [0.4, 0.5) is 0 Å². The highest BCUT2D eigenvalue weighted by molar-refractivity contribution is 9.10. The molecule has 120 valence electrons. The monoisotopic (exact) mass is 371 g/mol. The summed E-state index contributed by atoms with van der Waals surface area (Å²) in [6, 6.07) is 5.82. The maximum Gasteiger partial charge on any atom is 0.328 e. The van der Waals surface area contributed by atoms with E-state index in [0.717, 1.165) is 4.47 Å². The molecule has 0 aromatic heterocycles. The molecule has 0 aliphatic carbocycles. The van der Waals surface area contributed by atoms with Crippen molar-refractivity contribution in [1.29, 1.82) is 0 Å². The van der Waals surface area contributed by atoms with Gasteiger partial charge in [0, 0.05) is 10.0 Å². The van der Waals surface area contributed by atoms with E-state index in [1.165, 1.54) is 14.2 Å². The van der Waals surface area contributed by atoms with Gasteiger partial charge in [-0.1, -0.05) is 28.9 Å². The third-order valence-electron chi connectivity index (χ3n) is 3.11. The number of halogens is 1. The lowest BCUT2D eigenvalue weighted by Gasteiger charge is -2.22. The van der Waals surface area contributed by atoms with E-state index < -0.39 is 29.8 Å². The number of benzene rings is 1. The fraction of sp³-hybridized carbons (Fsp3) is 0.400. The summed E-state index contributed by atoms with van der Waals surface area (Å²) in [5, 5.41) is 2.60. The molecule has 0 spiro atoms. The Morgan fingerprint density at radius 1 is 1.23 bits per heavy atom. The number of carbonyl (C=O) groups excluding carboxylic acids is 3. The topological polar surface area (TPSA) is 81.7 Å².